The summed E-state index contributed by atoms with van der Waals surface area (Å²) in [5, 5.41) is 7.24. The van der Waals surface area contributed by atoms with Crippen LogP contribution in [0.2, 0.25) is 5.02 Å². The minimum absolute atomic E-state index is 0.224. The lowest BCUT2D eigenvalue weighted by Crippen LogP contribution is -2.36. The zero-order valence-electron chi connectivity index (χ0n) is 11.6. The van der Waals surface area contributed by atoms with Crippen LogP contribution in [0.1, 0.15) is 6.92 Å². The zero-order chi connectivity index (χ0) is 15.2. The van der Waals surface area contributed by atoms with Gasteiger partial charge in [-0.2, -0.15) is 0 Å². The van der Waals surface area contributed by atoms with Crippen LogP contribution in [0.15, 0.2) is 49.2 Å². The molecule has 1 N–H and O–H groups in total. The highest BCUT2D eigenvalue weighted by Crippen LogP contribution is 2.24. The molecule has 0 saturated carbocycles. The second-order valence-electron chi connectivity index (χ2n) is 4.36. The van der Waals surface area contributed by atoms with Crippen molar-refractivity contribution in [1.82, 2.24) is 15.1 Å². The fourth-order valence-electron chi connectivity index (χ4n) is 1.67. The van der Waals surface area contributed by atoms with Crippen molar-refractivity contribution in [2.24, 2.45) is 0 Å². The number of halogens is 1. The Morgan fingerprint density at radius 1 is 1.52 bits per heavy atom. The van der Waals surface area contributed by atoms with E-state index in [9.17, 15) is 4.79 Å². The molecule has 2 aromatic rings. The molecule has 0 unspecified atom stereocenters. The van der Waals surface area contributed by atoms with E-state index in [0.717, 1.165) is 5.69 Å². The first-order valence-electron chi connectivity index (χ1n) is 6.47. The summed E-state index contributed by atoms with van der Waals surface area (Å²) in [4.78, 5) is 11.7. The van der Waals surface area contributed by atoms with Crippen molar-refractivity contribution in [3.05, 3.63) is 54.2 Å². The third kappa shape index (κ3) is 3.86. The Morgan fingerprint density at radius 3 is 2.90 bits per heavy atom. The van der Waals surface area contributed by atoms with Gasteiger partial charge in [-0.3, -0.25) is 4.79 Å². The van der Waals surface area contributed by atoms with Gasteiger partial charge in [0.1, 0.15) is 5.02 Å². The summed E-state index contributed by atoms with van der Waals surface area (Å²) >= 11 is 6.09. The first kappa shape index (κ1) is 15.1. The van der Waals surface area contributed by atoms with Crippen molar-refractivity contribution < 1.29 is 9.53 Å². The molecule has 0 aliphatic carbocycles. The summed E-state index contributed by atoms with van der Waals surface area (Å²) in [6.07, 6.45) is 2.55. The van der Waals surface area contributed by atoms with E-state index >= 15 is 0 Å². The molecule has 0 aliphatic rings. The van der Waals surface area contributed by atoms with Gasteiger partial charge in [0.2, 0.25) is 0 Å². The van der Waals surface area contributed by atoms with Crippen LogP contribution in [0.5, 0.6) is 5.88 Å². The molecule has 0 fully saturated rings. The topological polar surface area (TPSA) is 56.1 Å². The maximum atomic E-state index is 11.7. The molecule has 2 rings (SSSR count). The Balaban J connectivity index is 2.09. The molecule has 110 valence electrons. The Bertz CT molecular complexity index is 625. The third-order valence-corrected chi connectivity index (χ3v) is 3.00. The summed E-state index contributed by atoms with van der Waals surface area (Å²) in [6.45, 7) is 5.56. The van der Waals surface area contributed by atoms with E-state index in [4.69, 9.17) is 16.3 Å². The first-order valence-corrected chi connectivity index (χ1v) is 6.85. The smallest absolute Gasteiger partial charge is 0.261 e. The van der Waals surface area contributed by atoms with E-state index in [2.05, 4.69) is 17.0 Å². The van der Waals surface area contributed by atoms with Gasteiger partial charge in [0.25, 0.3) is 11.8 Å². The van der Waals surface area contributed by atoms with Gasteiger partial charge in [0, 0.05) is 6.54 Å². The average Bonchev–Trinajstić information content (AvgIpc) is 2.86. The van der Waals surface area contributed by atoms with Crippen LogP contribution in [-0.4, -0.2) is 28.3 Å². The van der Waals surface area contributed by atoms with Crippen LogP contribution in [0.4, 0.5) is 0 Å². The number of para-hydroxylation sites is 1. The van der Waals surface area contributed by atoms with Crippen molar-refractivity contribution >= 4 is 17.5 Å². The van der Waals surface area contributed by atoms with E-state index in [0.29, 0.717) is 11.6 Å². The molecule has 6 heteroatoms. The largest absolute Gasteiger partial charge is 0.462 e. The summed E-state index contributed by atoms with van der Waals surface area (Å²) in [5.41, 5.74) is 0.859. The maximum absolute atomic E-state index is 11.7. The Hall–Kier alpha value is -2.27. The van der Waals surface area contributed by atoms with Crippen molar-refractivity contribution in [2.75, 3.05) is 6.54 Å². The molecule has 0 radical (unpaired) electrons. The van der Waals surface area contributed by atoms with E-state index in [-0.39, 0.29) is 11.8 Å². The van der Waals surface area contributed by atoms with Crippen molar-refractivity contribution in [3.63, 3.8) is 0 Å². The predicted octanol–water partition coefficient (Wildman–Crippen LogP) is 2.60. The molecule has 1 heterocycles. The number of nitrogens with one attached hydrogen (secondary N) is 1. The minimum Gasteiger partial charge on any atom is -0.462 e. The standard InChI is InChI=1S/C15H16ClN3O2/c1-3-9-17-14(20)11(2)21-15-13(16)10-19(18-15)12-7-5-4-6-8-12/h3-8,10-11H,1,9H2,2H3,(H,17,20)/t11-/m1/s1. The fraction of sp³-hybridized carbons (Fsp3) is 0.200. The number of nitrogens with zero attached hydrogens (tertiary/aromatic N) is 2. The number of aromatic nitrogens is 2. The normalized spacial score (nSPS) is 11.7. The van der Waals surface area contributed by atoms with E-state index in [1.807, 2.05) is 30.3 Å². The summed E-state index contributed by atoms with van der Waals surface area (Å²) < 4.78 is 7.10. The monoisotopic (exact) mass is 305 g/mol. The molecule has 1 amide bonds. The Kier molecular flexibility index (Phi) is 5.00. The number of ether oxygens (including phenoxy) is 1. The van der Waals surface area contributed by atoms with Crippen LogP contribution in [-0.2, 0) is 4.79 Å². The van der Waals surface area contributed by atoms with E-state index < -0.39 is 6.10 Å². The lowest BCUT2D eigenvalue weighted by Gasteiger charge is -2.12. The summed E-state index contributed by atoms with van der Waals surface area (Å²) in [7, 11) is 0. The van der Waals surface area contributed by atoms with Gasteiger partial charge >= 0.3 is 0 Å². The van der Waals surface area contributed by atoms with Gasteiger partial charge in [0.15, 0.2) is 6.10 Å². The van der Waals surface area contributed by atoms with Crippen molar-refractivity contribution in [1.29, 1.82) is 0 Å². The Labute approximate surface area is 128 Å². The van der Waals surface area contributed by atoms with Gasteiger partial charge in [-0.15, -0.1) is 11.7 Å². The number of benzene rings is 1. The number of rotatable bonds is 6. The van der Waals surface area contributed by atoms with Crippen LogP contribution >= 0.6 is 11.6 Å². The van der Waals surface area contributed by atoms with E-state index in [1.54, 1.807) is 23.9 Å². The van der Waals surface area contributed by atoms with Crippen LogP contribution in [0, 0.1) is 0 Å². The third-order valence-electron chi connectivity index (χ3n) is 2.74. The molecule has 0 spiro atoms. The number of carbonyl (C=O) groups is 1. The molecule has 1 atom stereocenters. The van der Waals surface area contributed by atoms with Gasteiger partial charge in [0.05, 0.1) is 11.9 Å². The fourth-order valence-corrected chi connectivity index (χ4v) is 1.84. The second kappa shape index (κ2) is 6.95. The molecule has 0 aliphatic heterocycles. The summed E-state index contributed by atoms with van der Waals surface area (Å²) in [5.74, 6) is -0.0259. The van der Waals surface area contributed by atoms with Crippen LogP contribution < -0.4 is 10.1 Å². The van der Waals surface area contributed by atoms with Gasteiger partial charge in [-0.25, -0.2) is 4.68 Å². The lowest BCUT2D eigenvalue weighted by molar-refractivity contribution is -0.127. The number of carbonyl (C=O) groups excluding carboxylic acids is 1. The molecule has 5 nitrogen and oxygen atoms in total. The molecule has 21 heavy (non-hydrogen) atoms. The van der Waals surface area contributed by atoms with E-state index in [1.165, 1.54) is 0 Å². The molecule has 0 saturated heterocycles. The predicted molar refractivity (Wildman–Crippen MR) is 81.9 cm³/mol. The van der Waals surface area contributed by atoms with Crippen molar-refractivity contribution in [2.45, 2.75) is 13.0 Å². The average molecular weight is 306 g/mol. The molecular formula is C15H16ClN3O2. The van der Waals surface area contributed by atoms with Gasteiger partial charge in [-0.05, 0) is 19.1 Å². The SMILES string of the molecule is C=CCNC(=O)[C@@H](C)Oc1nn(-c2ccccc2)cc1Cl. The van der Waals surface area contributed by atoms with Gasteiger partial charge in [-0.1, -0.05) is 35.9 Å². The molecular weight excluding hydrogens is 290 g/mol. The zero-order valence-corrected chi connectivity index (χ0v) is 12.4. The van der Waals surface area contributed by atoms with Crippen molar-refractivity contribution in [3.8, 4) is 11.6 Å². The number of hydrogen-bond acceptors (Lipinski definition) is 3. The number of hydrogen-bond donors (Lipinski definition) is 1. The highest BCUT2D eigenvalue weighted by Gasteiger charge is 2.18. The maximum Gasteiger partial charge on any atom is 0.261 e. The highest BCUT2D eigenvalue weighted by atomic mass is 35.5. The van der Waals surface area contributed by atoms with Crippen LogP contribution in [0.3, 0.4) is 0 Å². The molecule has 0 bridgehead atoms. The molecule has 1 aromatic heterocycles. The minimum atomic E-state index is -0.693. The lowest BCUT2D eigenvalue weighted by atomic mass is 10.3. The first-order chi connectivity index (χ1) is 10.1. The van der Waals surface area contributed by atoms with Crippen LogP contribution in [0.25, 0.3) is 5.69 Å². The van der Waals surface area contributed by atoms with Gasteiger partial charge < -0.3 is 10.1 Å². The Morgan fingerprint density at radius 2 is 2.24 bits per heavy atom. The highest BCUT2D eigenvalue weighted by molar-refractivity contribution is 6.31. The quantitative estimate of drug-likeness (QED) is 0.835. The molecule has 1 aromatic carbocycles. The number of amides is 1. The second-order valence-corrected chi connectivity index (χ2v) is 4.76. The summed E-state index contributed by atoms with van der Waals surface area (Å²) in [6, 6.07) is 9.51.